The van der Waals surface area contributed by atoms with Crippen molar-refractivity contribution >= 4 is 18.1 Å². The van der Waals surface area contributed by atoms with Crippen molar-refractivity contribution in [2.45, 2.75) is 90.4 Å². The third kappa shape index (κ3) is 9.96. The second-order valence-electron chi connectivity index (χ2n) is 9.16. The number of aromatic nitrogens is 2. The minimum absolute atomic E-state index is 0.0315. The molecule has 0 aromatic carbocycles. The van der Waals surface area contributed by atoms with Gasteiger partial charge in [-0.05, 0) is 31.6 Å². The van der Waals surface area contributed by atoms with Gasteiger partial charge in [0.1, 0.15) is 0 Å². The lowest BCUT2D eigenvalue weighted by molar-refractivity contribution is -0.0933. The number of aryl methyl sites for hydroxylation is 1. The molecule has 0 amide bonds. The van der Waals surface area contributed by atoms with E-state index in [1.165, 1.54) is 62.1 Å². The Morgan fingerprint density at radius 3 is 2.38 bits per heavy atom. The third-order valence-corrected chi connectivity index (χ3v) is 8.71. The molecule has 1 aliphatic rings. The normalized spacial score (nSPS) is 20.5. The van der Waals surface area contributed by atoms with Gasteiger partial charge in [-0.3, -0.25) is 18.9 Å². The van der Waals surface area contributed by atoms with Gasteiger partial charge in [-0.1, -0.05) is 64.7 Å². The molecule has 9 nitrogen and oxygen atoms in total. The van der Waals surface area contributed by atoms with Crippen LogP contribution in [0.3, 0.4) is 0 Å². The first-order chi connectivity index (χ1) is 16.2. The van der Waals surface area contributed by atoms with Gasteiger partial charge in [0.2, 0.25) is 0 Å². The molecule has 0 saturated carbocycles. The SMILES string of the molecule is CCCCCCCCCCCCN(C)P(=O)(Cl)OCC1CNCC(n2cc(C)c(=O)[nH]c2=O)O1. The topological polar surface area (TPSA) is 106 Å². The second kappa shape index (κ2) is 15.2. The maximum Gasteiger partial charge on any atom is 0.362 e. The molecule has 11 heteroatoms. The van der Waals surface area contributed by atoms with Gasteiger partial charge in [-0.15, -0.1) is 0 Å². The molecule has 2 heterocycles. The average Bonchev–Trinajstić information content (AvgIpc) is 2.81. The van der Waals surface area contributed by atoms with E-state index in [9.17, 15) is 14.2 Å². The average molecular weight is 521 g/mol. The number of aromatic amines is 1. The largest absolute Gasteiger partial charge is 0.362 e. The standard InChI is InChI=1S/C23H42ClN4O5P/c1-4-5-6-7-8-9-10-11-12-13-14-27(3)34(24,31)32-18-20-15-25-16-21(33-20)28-17-19(2)22(29)26-23(28)30/h17,20-21,25H,4-16,18H2,1-3H3,(H,26,29,30). The summed E-state index contributed by atoms with van der Waals surface area (Å²) < 4.78 is 27.3. The number of ether oxygens (including phenoxy) is 1. The zero-order valence-corrected chi connectivity index (χ0v) is 22.5. The minimum Gasteiger partial charge on any atom is -0.350 e. The second-order valence-corrected chi connectivity index (χ2v) is 12.3. The summed E-state index contributed by atoms with van der Waals surface area (Å²) in [7, 11) is 1.72. The molecule has 1 fully saturated rings. The predicted octanol–water partition coefficient (Wildman–Crippen LogP) is 4.55. The lowest BCUT2D eigenvalue weighted by Gasteiger charge is -2.32. The summed E-state index contributed by atoms with van der Waals surface area (Å²) in [6, 6.07) is 0. The fourth-order valence-corrected chi connectivity index (χ4v) is 5.29. The van der Waals surface area contributed by atoms with Crippen LogP contribution in [-0.4, -0.2) is 53.6 Å². The summed E-state index contributed by atoms with van der Waals surface area (Å²) in [4.78, 5) is 26.0. The fraction of sp³-hybridized carbons (Fsp3) is 0.826. The maximum absolute atomic E-state index is 12.8. The first-order valence-corrected chi connectivity index (χ1v) is 15.1. The zero-order chi connectivity index (χ0) is 25.0. The lowest BCUT2D eigenvalue weighted by Crippen LogP contribution is -2.47. The molecule has 34 heavy (non-hydrogen) atoms. The number of H-pyrrole nitrogens is 1. The van der Waals surface area contributed by atoms with Gasteiger partial charge < -0.3 is 14.6 Å². The van der Waals surface area contributed by atoms with Crippen molar-refractivity contribution in [1.82, 2.24) is 19.5 Å². The quantitative estimate of drug-likeness (QED) is 0.243. The first kappa shape index (κ1) is 29.3. The number of rotatable bonds is 16. The number of nitrogens with one attached hydrogen (secondary N) is 2. The smallest absolute Gasteiger partial charge is 0.350 e. The summed E-state index contributed by atoms with van der Waals surface area (Å²) in [6.45, 7) is 1.92. The summed E-state index contributed by atoms with van der Waals surface area (Å²) >= 11 is 6.23. The molecular weight excluding hydrogens is 479 g/mol. The van der Waals surface area contributed by atoms with Crippen LogP contribution >= 0.6 is 18.1 Å². The molecule has 1 aliphatic heterocycles. The van der Waals surface area contributed by atoms with Gasteiger partial charge in [-0.2, -0.15) is 0 Å². The van der Waals surface area contributed by atoms with Crippen molar-refractivity contribution < 1.29 is 13.8 Å². The van der Waals surface area contributed by atoms with E-state index in [0.717, 1.165) is 12.8 Å². The van der Waals surface area contributed by atoms with Gasteiger partial charge in [0.15, 0.2) is 6.23 Å². The van der Waals surface area contributed by atoms with Crippen LogP contribution in [0.25, 0.3) is 0 Å². The van der Waals surface area contributed by atoms with Crippen LogP contribution in [0, 0.1) is 6.92 Å². The van der Waals surface area contributed by atoms with E-state index in [1.807, 2.05) is 0 Å². The van der Waals surface area contributed by atoms with Gasteiger partial charge >= 0.3 is 12.6 Å². The molecule has 0 bridgehead atoms. The van der Waals surface area contributed by atoms with E-state index in [0.29, 0.717) is 25.2 Å². The molecular formula is C23H42ClN4O5P. The van der Waals surface area contributed by atoms with Crippen LogP contribution in [0.2, 0.25) is 0 Å². The molecule has 0 spiro atoms. The van der Waals surface area contributed by atoms with Gasteiger partial charge in [0, 0.05) is 31.4 Å². The highest BCUT2D eigenvalue weighted by Gasteiger charge is 2.30. The first-order valence-electron chi connectivity index (χ1n) is 12.6. The van der Waals surface area contributed by atoms with Gasteiger partial charge in [0.05, 0.1) is 12.7 Å². The van der Waals surface area contributed by atoms with Crippen LogP contribution in [0.5, 0.6) is 0 Å². The number of nitrogens with zero attached hydrogens (tertiary/aromatic N) is 2. The Hall–Kier alpha value is -0.960. The van der Waals surface area contributed by atoms with Crippen molar-refractivity contribution in [2.75, 3.05) is 33.3 Å². The highest BCUT2D eigenvalue weighted by atomic mass is 35.7. The molecule has 3 unspecified atom stereocenters. The van der Waals surface area contributed by atoms with Gasteiger partial charge in [-0.25, -0.2) is 9.46 Å². The number of unbranched alkanes of at least 4 members (excludes halogenated alkanes) is 9. The fourth-order valence-electron chi connectivity index (χ4n) is 3.97. The Bertz CT molecular complexity index is 893. The van der Waals surface area contributed by atoms with Crippen molar-refractivity contribution in [3.05, 3.63) is 32.6 Å². The highest BCUT2D eigenvalue weighted by Crippen LogP contribution is 2.55. The molecule has 196 valence electrons. The van der Waals surface area contributed by atoms with E-state index >= 15 is 0 Å². The van der Waals surface area contributed by atoms with Crippen molar-refractivity contribution in [3.63, 3.8) is 0 Å². The minimum atomic E-state index is -3.46. The molecule has 2 rings (SSSR count). The number of hydrogen-bond donors (Lipinski definition) is 2. The molecule has 3 atom stereocenters. The molecule has 1 aromatic heterocycles. The Morgan fingerprint density at radius 1 is 1.12 bits per heavy atom. The van der Waals surface area contributed by atoms with E-state index in [-0.39, 0.29) is 6.61 Å². The Labute approximate surface area is 207 Å². The van der Waals surface area contributed by atoms with E-state index in [2.05, 4.69) is 17.2 Å². The monoisotopic (exact) mass is 520 g/mol. The van der Waals surface area contributed by atoms with Crippen molar-refractivity contribution in [1.29, 1.82) is 0 Å². The number of hydrogen-bond acceptors (Lipinski definition) is 6. The van der Waals surface area contributed by atoms with Crippen LogP contribution in [-0.2, 0) is 13.8 Å². The molecule has 1 aromatic rings. The lowest BCUT2D eigenvalue weighted by atomic mass is 10.1. The summed E-state index contributed by atoms with van der Waals surface area (Å²) in [6.07, 6.45) is 12.8. The third-order valence-electron chi connectivity index (χ3n) is 6.16. The van der Waals surface area contributed by atoms with Crippen LogP contribution in [0.1, 0.15) is 82.9 Å². The number of halogens is 1. The Kier molecular flexibility index (Phi) is 13.1. The van der Waals surface area contributed by atoms with Crippen LogP contribution in [0.4, 0.5) is 0 Å². The van der Waals surface area contributed by atoms with E-state index < -0.39 is 30.5 Å². The zero-order valence-electron chi connectivity index (χ0n) is 20.9. The highest BCUT2D eigenvalue weighted by molar-refractivity contribution is 7.83. The van der Waals surface area contributed by atoms with E-state index in [1.54, 1.807) is 18.6 Å². The Morgan fingerprint density at radius 2 is 1.74 bits per heavy atom. The maximum atomic E-state index is 12.8. The van der Waals surface area contributed by atoms with Crippen LogP contribution < -0.4 is 16.6 Å². The van der Waals surface area contributed by atoms with E-state index in [4.69, 9.17) is 20.5 Å². The molecule has 2 N–H and O–H groups in total. The van der Waals surface area contributed by atoms with Crippen molar-refractivity contribution in [3.8, 4) is 0 Å². The van der Waals surface area contributed by atoms with Crippen LogP contribution in [0.15, 0.2) is 15.8 Å². The predicted molar refractivity (Wildman–Crippen MR) is 137 cm³/mol. The number of morpholine rings is 1. The van der Waals surface area contributed by atoms with Crippen molar-refractivity contribution in [2.24, 2.45) is 0 Å². The summed E-state index contributed by atoms with van der Waals surface area (Å²) in [5.41, 5.74) is -0.540. The molecule has 0 aliphatic carbocycles. The Balaban J connectivity index is 1.68. The summed E-state index contributed by atoms with van der Waals surface area (Å²) in [5.74, 6) is 0. The summed E-state index contributed by atoms with van der Waals surface area (Å²) in [5, 5.41) is 3.18. The van der Waals surface area contributed by atoms with Gasteiger partial charge in [0.25, 0.3) is 5.56 Å². The molecule has 0 radical (unpaired) electrons. The molecule has 1 saturated heterocycles.